The second kappa shape index (κ2) is 12.7. The summed E-state index contributed by atoms with van der Waals surface area (Å²) in [6.07, 6.45) is 0.609. The molecule has 4 amide bonds. The van der Waals surface area contributed by atoms with E-state index in [-0.39, 0.29) is 29.1 Å². The van der Waals surface area contributed by atoms with E-state index in [0.29, 0.717) is 6.42 Å². The smallest absolute Gasteiger partial charge is 0.333 e. The highest BCUT2D eigenvalue weighted by atomic mass is 32.2. The Kier molecular flexibility index (Phi) is 9.40. The Hall–Kier alpha value is -4.70. The van der Waals surface area contributed by atoms with Crippen molar-refractivity contribution in [2.75, 3.05) is 18.4 Å². The normalized spacial score (nSPS) is 15.9. The van der Waals surface area contributed by atoms with E-state index in [0.717, 1.165) is 4.31 Å². The predicted molar refractivity (Wildman–Crippen MR) is 139 cm³/mol. The SMILES string of the molecule is N=C(N)Nc1ccccc1C(=O)NNC(=O)NC[C@H](NC(=O)[C@@H]1CCCN1S(=O)(=O)c1ccccc1)C(=O)O. The average Bonchev–Trinajstić information content (AvgIpc) is 3.41. The van der Waals surface area contributed by atoms with Crippen LogP contribution in [0.5, 0.6) is 0 Å². The quantitative estimate of drug-likeness (QED) is 0.110. The molecule has 0 unspecified atom stereocenters. The van der Waals surface area contributed by atoms with Crippen molar-refractivity contribution in [1.82, 2.24) is 25.8 Å². The van der Waals surface area contributed by atoms with Crippen LogP contribution in [0.2, 0.25) is 0 Å². The topological polar surface area (TPSA) is 236 Å². The number of benzene rings is 2. The Morgan fingerprint density at radius 2 is 1.72 bits per heavy atom. The number of para-hydroxylation sites is 1. The van der Waals surface area contributed by atoms with Gasteiger partial charge in [-0.2, -0.15) is 4.31 Å². The maximum atomic E-state index is 13.0. The van der Waals surface area contributed by atoms with Crippen molar-refractivity contribution in [3.05, 3.63) is 60.2 Å². The summed E-state index contributed by atoms with van der Waals surface area (Å²) in [7, 11) is -3.98. The van der Waals surface area contributed by atoms with E-state index < -0.39 is 58.4 Å². The molecule has 0 spiro atoms. The van der Waals surface area contributed by atoms with Gasteiger partial charge in [-0.1, -0.05) is 30.3 Å². The number of nitrogens with two attached hydrogens (primary N) is 1. The number of carbonyl (C=O) groups excluding carboxylic acids is 3. The van der Waals surface area contributed by atoms with Crippen LogP contribution in [0.3, 0.4) is 0 Å². The summed E-state index contributed by atoms with van der Waals surface area (Å²) in [4.78, 5) is 49.2. The molecular formula is C23H28N8O7S. The Labute approximate surface area is 223 Å². The van der Waals surface area contributed by atoms with Crippen molar-refractivity contribution in [2.24, 2.45) is 5.73 Å². The number of aliphatic carboxylic acids is 1. The number of anilines is 1. The number of nitrogens with zero attached hydrogens (tertiary/aromatic N) is 1. The first-order valence-corrected chi connectivity index (χ1v) is 13.1. The highest BCUT2D eigenvalue weighted by Gasteiger charge is 2.40. The lowest BCUT2D eigenvalue weighted by Gasteiger charge is -2.25. The molecule has 1 aliphatic rings. The minimum Gasteiger partial charge on any atom is -0.480 e. The summed E-state index contributed by atoms with van der Waals surface area (Å²) in [6, 6.07) is 9.97. The molecule has 3 rings (SSSR count). The number of hydrogen-bond donors (Lipinski definition) is 8. The van der Waals surface area contributed by atoms with Crippen LogP contribution in [0.1, 0.15) is 23.2 Å². The molecule has 1 saturated heterocycles. The molecular weight excluding hydrogens is 532 g/mol. The second-order valence-electron chi connectivity index (χ2n) is 8.36. The van der Waals surface area contributed by atoms with Crippen LogP contribution < -0.4 is 32.5 Å². The maximum absolute atomic E-state index is 13.0. The first-order chi connectivity index (χ1) is 18.5. The second-order valence-corrected chi connectivity index (χ2v) is 10.3. The molecule has 1 heterocycles. The molecule has 0 bridgehead atoms. The zero-order valence-electron chi connectivity index (χ0n) is 20.5. The zero-order chi connectivity index (χ0) is 28.6. The van der Waals surface area contributed by atoms with Gasteiger partial charge in [-0.25, -0.2) is 23.4 Å². The van der Waals surface area contributed by atoms with Crippen molar-refractivity contribution in [3.8, 4) is 0 Å². The molecule has 208 valence electrons. The molecule has 2 aromatic carbocycles. The van der Waals surface area contributed by atoms with Crippen LogP contribution in [0.25, 0.3) is 0 Å². The Balaban J connectivity index is 1.56. The number of carboxylic acids is 1. The largest absolute Gasteiger partial charge is 0.480 e. The number of urea groups is 1. The summed E-state index contributed by atoms with van der Waals surface area (Å²) in [5.41, 5.74) is 9.75. The molecule has 15 nitrogen and oxygen atoms in total. The van der Waals surface area contributed by atoms with Crippen LogP contribution in [0.4, 0.5) is 10.5 Å². The lowest BCUT2D eigenvalue weighted by atomic mass is 10.1. The van der Waals surface area contributed by atoms with Gasteiger partial charge < -0.3 is 26.8 Å². The van der Waals surface area contributed by atoms with E-state index in [1.165, 1.54) is 24.3 Å². The third kappa shape index (κ3) is 7.42. The van der Waals surface area contributed by atoms with Crippen molar-refractivity contribution in [2.45, 2.75) is 29.8 Å². The van der Waals surface area contributed by atoms with Gasteiger partial charge in [0.2, 0.25) is 15.9 Å². The van der Waals surface area contributed by atoms with Gasteiger partial charge in [-0.15, -0.1) is 0 Å². The van der Waals surface area contributed by atoms with Crippen LogP contribution in [-0.2, 0) is 19.6 Å². The first-order valence-electron chi connectivity index (χ1n) is 11.6. The summed E-state index contributed by atoms with van der Waals surface area (Å²) in [6.45, 7) is -0.470. The minimum absolute atomic E-state index is 0.0135. The summed E-state index contributed by atoms with van der Waals surface area (Å²) in [5, 5.41) is 23.8. The third-order valence-corrected chi connectivity index (χ3v) is 7.59. The van der Waals surface area contributed by atoms with Crippen LogP contribution in [-0.4, -0.2) is 72.8 Å². The van der Waals surface area contributed by atoms with E-state index in [2.05, 4.69) is 26.8 Å². The van der Waals surface area contributed by atoms with Crippen molar-refractivity contribution in [1.29, 1.82) is 5.41 Å². The van der Waals surface area contributed by atoms with Gasteiger partial charge >= 0.3 is 12.0 Å². The number of nitrogens with one attached hydrogen (secondary N) is 6. The van der Waals surface area contributed by atoms with Gasteiger partial charge in [-0.05, 0) is 37.1 Å². The molecule has 0 aromatic heterocycles. The van der Waals surface area contributed by atoms with E-state index in [1.54, 1.807) is 30.3 Å². The van der Waals surface area contributed by atoms with Gasteiger partial charge in [0.25, 0.3) is 5.91 Å². The van der Waals surface area contributed by atoms with Gasteiger partial charge in [0.05, 0.1) is 22.7 Å². The van der Waals surface area contributed by atoms with Gasteiger partial charge in [0, 0.05) is 6.54 Å². The van der Waals surface area contributed by atoms with Gasteiger partial charge in [-0.3, -0.25) is 20.4 Å². The highest BCUT2D eigenvalue weighted by molar-refractivity contribution is 7.89. The summed E-state index contributed by atoms with van der Waals surface area (Å²) >= 11 is 0. The molecule has 0 saturated carbocycles. The number of amides is 4. The van der Waals surface area contributed by atoms with E-state index in [9.17, 15) is 32.7 Å². The van der Waals surface area contributed by atoms with Crippen molar-refractivity contribution in [3.63, 3.8) is 0 Å². The standard InChI is InChI=1S/C23H28N8O7S/c24-22(25)28-16-10-5-4-9-15(16)19(32)29-30-23(36)26-13-17(21(34)35)27-20(33)18-11-6-12-31(18)39(37,38)14-7-2-1-3-8-14/h1-5,7-10,17-18H,6,11-13H2,(H,27,33)(H,29,32)(H,34,35)(H4,24,25,28)(H2,26,30,36)/t17-,18-/m0/s1. The lowest BCUT2D eigenvalue weighted by Crippen LogP contribution is -2.56. The average molecular weight is 561 g/mol. The Morgan fingerprint density at radius 3 is 2.38 bits per heavy atom. The van der Waals surface area contributed by atoms with Gasteiger partial charge in [0.15, 0.2) is 5.96 Å². The van der Waals surface area contributed by atoms with Crippen molar-refractivity contribution >= 4 is 45.5 Å². The first kappa shape index (κ1) is 28.9. The maximum Gasteiger partial charge on any atom is 0.333 e. The fourth-order valence-electron chi connectivity index (χ4n) is 3.84. The monoisotopic (exact) mass is 560 g/mol. The van der Waals surface area contributed by atoms with E-state index in [1.807, 2.05) is 0 Å². The fraction of sp³-hybridized carbons (Fsp3) is 0.261. The molecule has 1 fully saturated rings. The predicted octanol–water partition coefficient (Wildman–Crippen LogP) is -0.641. The summed E-state index contributed by atoms with van der Waals surface area (Å²) < 4.78 is 27.0. The van der Waals surface area contributed by atoms with Crippen LogP contribution in [0.15, 0.2) is 59.5 Å². The molecule has 2 atom stereocenters. The minimum atomic E-state index is -3.98. The van der Waals surface area contributed by atoms with Gasteiger partial charge in [0.1, 0.15) is 12.1 Å². The number of carboxylic acid groups (broad SMARTS) is 1. The zero-order valence-corrected chi connectivity index (χ0v) is 21.3. The number of rotatable bonds is 9. The van der Waals surface area contributed by atoms with Crippen LogP contribution in [0, 0.1) is 5.41 Å². The van der Waals surface area contributed by atoms with Crippen LogP contribution >= 0.6 is 0 Å². The Bertz CT molecular complexity index is 1350. The molecule has 9 N–H and O–H groups in total. The fourth-order valence-corrected chi connectivity index (χ4v) is 5.52. The number of hydrazine groups is 1. The highest BCUT2D eigenvalue weighted by Crippen LogP contribution is 2.26. The number of hydrogen-bond acceptors (Lipinski definition) is 7. The number of guanidine groups is 1. The van der Waals surface area contributed by atoms with E-state index in [4.69, 9.17) is 11.1 Å². The molecule has 0 radical (unpaired) electrons. The molecule has 2 aromatic rings. The Morgan fingerprint density at radius 1 is 1.05 bits per heavy atom. The van der Waals surface area contributed by atoms with E-state index >= 15 is 0 Å². The number of sulfonamides is 1. The lowest BCUT2D eigenvalue weighted by molar-refractivity contribution is -0.142. The molecule has 16 heteroatoms. The molecule has 1 aliphatic heterocycles. The summed E-state index contributed by atoms with van der Waals surface area (Å²) in [5.74, 6) is -3.43. The molecule has 39 heavy (non-hydrogen) atoms. The van der Waals surface area contributed by atoms with Crippen molar-refractivity contribution < 1.29 is 32.7 Å². The number of carbonyl (C=O) groups is 4. The molecule has 0 aliphatic carbocycles. The third-order valence-electron chi connectivity index (χ3n) is 5.67.